The Morgan fingerprint density at radius 3 is 2.55 bits per heavy atom. The Morgan fingerprint density at radius 2 is 2.00 bits per heavy atom. The molecule has 0 aliphatic carbocycles. The van der Waals surface area contributed by atoms with E-state index in [0.29, 0.717) is 32.7 Å². The number of nitrogens with two attached hydrogens (primary N) is 2. The van der Waals surface area contributed by atoms with Crippen LogP contribution in [0.25, 0.3) is 0 Å². The van der Waals surface area contributed by atoms with E-state index in [9.17, 15) is 9.59 Å². The third-order valence-corrected chi connectivity index (χ3v) is 3.92. The van der Waals surface area contributed by atoms with Crippen LogP contribution in [0.15, 0.2) is 0 Å². The van der Waals surface area contributed by atoms with Crippen molar-refractivity contribution in [3.8, 4) is 0 Å². The van der Waals surface area contributed by atoms with Gasteiger partial charge in [0, 0.05) is 19.7 Å². The summed E-state index contributed by atoms with van der Waals surface area (Å²) in [6.45, 7) is 4.69. The quantitative estimate of drug-likeness (QED) is 0.540. The molecule has 22 heavy (non-hydrogen) atoms. The van der Waals surface area contributed by atoms with Crippen LogP contribution in [0.4, 0.5) is 4.79 Å². The smallest absolute Gasteiger partial charge is 0.312 e. The van der Waals surface area contributed by atoms with E-state index in [1.165, 1.54) is 0 Å². The predicted octanol–water partition coefficient (Wildman–Crippen LogP) is 0.570. The number of hydrogen-bond donors (Lipinski definition) is 3. The van der Waals surface area contributed by atoms with Crippen molar-refractivity contribution in [2.75, 3.05) is 26.2 Å². The van der Waals surface area contributed by atoms with Crippen LogP contribution in [0.1, 0.15) is 45.4 Å². The highest BCUT2D eigenvalue weighted by Crippen LogP contribution is 2.16. The summed E-state index contributed by atoms with van der Waals surface area (Å²) < 4.78 is 5.73. The van der Waals surface area contributed by atoms with Gasteiger partial charge in [0.15, 0.2) is 0 Å². The van der Waals surface area contributed by atoms with Crippen molar-refractivity contribution < 1.29 is 14.3 Å². The number of unbranched alkanes of at least 4 members (excludes halogenated alkanes) is 1. The molecular formula is C15H30N4O3. The standard InChI is InChI=1S/C15H30N4O3/c1-2-3-5-13(18-15(17)21)14(20)19-9-6-12(7-10-19)22-11-4-8-16/h12-13H,2-11,16H2,1H3,(H3,17,18,21). The van der Waals surface area contributed by atoms with Crippen molar-refractivity contribution in [2.24, 2.45) is 11.5 Å². The first-order valence-corrected chi connectivity index (χ1v) is 8.24. The zero-order valence-electron chi connectivity index (χ0n) is 13.6. The van der Waals surface area contributed by atoms with Gasteiger partial charge in [0.2, 0.25) is 5.91 Å². The van der Waals surface area contributed by atoms with E-state index in [1.54, 1.807) is 4.90 Å². The summed E-state index contributed by atoms with van der Waals surface area (Å²) in [7, 11) is 0. The molecule has 1 aliphatic heterocycles. The highest BCUT2D eigenvalue weighted by Gasteiger charge is 2.28. The van der Waals surface area contributed by atoms with Crippen molar-refractivity contribution in [1.82, 2.24) is 10.2 Å². The maximum absolute atomic E-state index is 12.5. The lowest BCUT2D eigenvalue weighted by Gasteiger charge is -2.34. The first kappa shape index (κ1) is 18.7. The van der Waals surface area contributed by atoms with Gasteiger partial charge in [0.25, 0.3) is 0 Å². The number of carbonyl (C=O) groups excluding carboxylic acids is 2. The highest BCUT2D eigenvalue weighted by atomic mass is 16.5. The Bertz CT molecular complexity index is 344. The van der Waals surface area contributed by atoms with Crippen molar-refractivity contribution in [1.29, 1.82) is 0 Å². The molecule has 1 aliphatic rings. The Morgan fingerprint density at radius 1 is 1.32 bits per heavy atom. The number of amides is 3. The van der Waals surface area contributed by atoms with Gasteiger partial charge in [0.05, 0.1) is 6.10 Å². The van der Waals surface area contributed by atoms with E-state index in [-0.39, 0.29) is 12.0 Å². The highest BCUT2D eigenvalue weighted by molar-refractivity contribution is 5.86. The Hall–Kier alpha value is -1.34. The molecule has 1 fully saturated rings. The molecule has 0 spiro atoms. The lowest BCUT2D eigenvalue weighted by Crippen LogP contribution is -2.52. The summed E-state index contributed by atoms with van der Waals surface area (Å²) in [5.74, 6) is -0.0346. The summed E-state index contributed by atoms with van der Waals surface area (Å²) in [4.78, 5) is 25.4. The summed E-state index contributed by atoms with van der Waals surface area (Å²) in [5.41, 5.74) is 10.6. The third kappa shape index (κ3) is 6.62. The van der Waals surface area contributed by atoms with Gasteiger partial charge in [-0.3, -0.25) is 4.79 Å². The third-order valence-electron chi connectivity index (χ3n) is 3.92. The number of urea groups is 1. The minimum Gasteiger partial charge on any atom is -0.378 e. The monoisotopic (exact) mass is 314 g/mol. The van der Waals surface area contributed by atoms with E-state index in [0.717, 1.165) is 32.1 Å². The van der Waals surface area contributed by atoms with Gasteiger partial charge in [-0.25, -0.2) is 4.79 Å². The summed E-state index contributed by atoms with van der Waals surface area (Å²) >= 11 is 0. The van der Waals surface area contributed by atoms with Crippen LogP contribution in [0.3, 0.4) is 0 Å². The fourth-order valence-electron chi connectivity index (χ4n) is 2.63. The maximum atomic E-state index is 12.5. The average Bonchev–Trinajstić information content (AvgIpc) is 2.51. The van der Waals surface area contributed by atoms with Gasteiger partial charge < -0.3 is 26.4 Å². The Labute approximate surface area is 132 Å². The van der Waals surface area contributed by atoms with Gasteiger partial charge in [-0.1, -0.05) is 19.8 Å². The number of likely N-dealkylation sites (tertiary alicyclic amines) is 1. The molecule has 0 saturated carbocycles. The molecule has 1 unspecified atom stereocenters. The molecule has 7 nitrogen and oxygen atoms in total. The van der Waals surface area contributed by atoms with Crippen molar-refractivity contribution in [3.05, 3.63) is 0 Å². The number of carbonyl (C=O) groups is 2. The van der Waals surface area contributed by atoms with Gasteiger partial charge in [0.1, 0.15) is 6.04 Å². The minimum atomic E-state index is -0.644. The molecule has 0 aromatic rings. The Balaban J connectivity index is 2.42. The van der Waals surface area contributed by atoms with E-state index < -0.39 is 12.1 Å². The first-order chi connectivity index (χ1) is 10.6. The Kier molecular flexibility index (Phi) is 8.84. The molecule has 3 amide bonds. The van der Waals surface area contributed by atoms with Crippen molar-refractivity contribution in [2.45, 2.75) is 57.6 Å². The molecule has 0 aromatic carbocycles. The second kappa shape index (κ2) is 10.4. The average molecular weight is 314 g/mol. The molecule has 7 heteroatoms. The number of hydrogen-bond acceptors (Lipinski definition) is 4. The van der Waals surface area contributed by atoms with Crippen molar-refractivity contribution in [3.63, 3.8) is 0 Å². The van der Waals surface area contributed by atoms with E-state index >= 15 is 0 Å². The number of rotatable bonds is 9. The summed E-state index contributed by atoms with van der Waals surface area (Å²) in [6, 6.07) is -1.15. The molecule has 1 saturated heterocycles. The van der Waals surface area contributed by atoms with Crippen LogP contribution in [0.5, 0.6) is 0 Å². The number of nitrogens with one attached hydrogen (secondary N) is 1. The molecule has 0 bridgehead atoms. The lowest BCUT2D eigenvalue weighted by molar-refractivity contribution is -0.136. The molecule has 0 radical (unpaired) electrons. The molecule has 128 valence electrons. The van der Waals surface area contributed by atoms with Gasteiger partial charge in [-0.05, 0) is 32.2 Å². The second-order valence-corrected chi connectivity index (χ2v) is 5.74. The van der Waals surface area contributed by atoms with Crippen LogP contribution >= 0.6 is 0 Å². The summed E-state index contributed by atoms with van der Waals surface area (Å²) in [6.07, 6.45) is 5.21. The fraction of sp³-hybridized carbons (Fsp3) is 0.867. The number of nitrogens with zero attached hydrogens (tertiary/aromatic N) is 1. The normalized spacial score (nSPS) is 17.3. The number of piperidine rings is 1. The molecule has 0 aromatic heterocycles. The second-order valence-electron chi connectivity index (χ2n) is 5.74. The molecule has 1 rings (SSSR count). The van der Waals surface area contributed by atoms with Gasteiger partial charge in [-0.2, -0.15) is 0 Å². The van der Waals surface area contributed by atoms with E-state index in [2.05, 4.69) is 12.2 Å². The van der Waals surface area contributed by atoms with Gasteiger partial charge in [-0.15, -0.1) is 0 Å². The maximum Gasteiger partial charge on any atom is 0.312 e. The molecule has 1 atom stereocenters. The van der Waals surface area contributed by atoms with Crippen LogP contribution in [0.2, 0.25) is 0 Å². The minimum absolute atomic E-state index is 0.0346. The number of ether oxygens (including phenoxy) is 1. The lowest BCUT2D eigenvalue weighted by atomic mass is 10.0. The summed E-state index contributed by atoms with van der Waals surface area (Å²) in [5, 5.41) is 2.57. The first-order valence-electron chi connectivity index (χ1n) is 8.24. The SMILES string of the molecule is CCCCC(NC(N)=O)C(=O)N1CCC(OCCCN)CC1. The van der Waals surface area contributed by atoms with Crippen LogP contribution in [-0.4, -0.2) is 55.2 Å². The molecule has 1 heterocycles. The van der Waals surface area contributed by atoms with E-state index in [4.69, 9.17) is 16.2 Å². The van der Waals surface area contributed by atoms with Gasteiger partial charge >= 0.3 is 6.03 Å². The molecular weight excluding hydrogens is 284 g/mol. The van der Waals surface area contributed by atoms with Crippen LogP contribution in [-0.2, 0) is 9.53 Å². The fourth-order valence-corrected chi connectivity index (χ4v) is 2.63. The van der Waals surface area contributed by atoms with E-state index in [1.807, 2.05) is 0 Å². The zero-order valence-corrected chi connectivity index (χ0v) is 13.6. The largest absolute Gasteiger partial charge is 0.378 e. The molecule has 5 N–H and O–H groups in total. The van der Waals surface area contributed by atoms with Crippen molar-refractivity contribution >= 4 is 11.9 Å². The predicted molar refractivity (Wildman–Crippen MR) is 85.3 cm³/mol. The zero-order chi connectivity index (χ0) is 16.4. The van der Waals surface area contributed by atoms with Crippen LogP contribution in [0, 0.1) is 0 Å². The number of primary amides is 1. The topological polar surface area (TPSA) is 111 Å². The van der Waals surface area contributed by atoms with Crippen LogP contribution < -0.4 is 16.8 Å².